The molecule has 1 aliphatic carbocycles. The van der Waals surface area contributed by atoms with Crippen LogP contribution in [0.15, 0.2) is 24.3 Å². The molecule has 0 aromatic heterocycles. The molecule has 0 N–H and O–H groups in total. The van der Waals surface area contributed by atoms with E-state index in [1.54, 1.807) is 7.11 Å². The van der Waals surface area contributed by atoms with Crippen LogP contribution in [0.3, 0.4) is 0 Å². The summed E-state index contributed by atoms with van der Waals surface area (Å²) in [6.07, 6.45) is 4.80. The lowest BCUT2D eigenvalue weighted by atomic mass is 9.72. The van der Waals surface area contributed by atoms with Gasteiger partial charge in [-0.25, -0.2) is 0 Å². The van der Waals surface area contributed by atoms with Crippen LogP contribution in [0.25, 0.3) is 0 Å². The summed E-state index contributed by atoms with van der Waals surface area (Å²) in [4.78, 5) is 6.70. The molecule has 1 aliphatic rings. The number of hydrogen-bond acceptors (Lipinski definition) is 3. The highest BCUT2D eigenvalue weighted by atomic mass is 19.3. The molecule has 0 bridgehead atoms. The minimum atomic E-state index is -0.683. The van der Waals surface area contributed by atoms with Gasteiger partial charge < -0.3 is 9.64 Å². The van der Waals surface area contributed by atoms with Crippen LogP contribution >= 0.6 is 0 Å². The Morgan fingerprint density at radius 1 is 1.14 bits per heavy atom. The van der Waals surface area contributed by atoms with Crippen LogP contribution in [-0.4, -0.2) is 38.3 Å². The summed E-state index contributed by atoms with van der Waals surface area (Å²) in [5.41, 5.74) is 0.431. The molecule has 4 heteroatoms. The van der Waals surface area contributed by atoms with E-state index in [9.17, 15) is 4.53 Å². The average Bonchev–Trinajstić information content (AvgIpc) is 2.53. The van der Waals surface area contributed by atoms with E-state index >= 15 is 0 Å². The quantitative estimate of drug-likeness (QED) is 0.793. The lowest BCUT2D eigenvalue weighted by Crippen LogP contribution is -2.43. The van der Waals surface area contributed by atoms with Gasteiger partial charge in [0.2, 0.25) is 0 Å². The highest BCUT2D eigenvalue weighted by Gasteiger charge is 2.43. The molecule has 118 valence electrons. The molecule has 1 unspecified atom stereocenters. The molecule has 0 heterocycles. The SMILES string of the molecule is COc1ccc(C(CN(C)C)C2(OF)CCCCC2)cc1. The summed E-state index contributed by atoms with van der Waals surface area (Å²) in [5.74, 6) is 0.852. The Hall–Kier alpha value is -1.13. The van der Waals surface area contributed by atoms with Crippen molar-refractivity contribution in [1.29, 1.82) is 0 Å². The third-order valence-corrected chi connectivity index (χ3v) is 4.55. The Labute approximate surface area is 126 Å². The summed E-state index contributed by atoms with van der Waals surface area (Å²) in [7, 11) is 5.69. The van der Waals surface area contributed by atoms with Crippen LogP contribution in [0.5, 0.6) is 5.75 Å². The number of benzene rings is 1. The maximum atomic E-state index is 13.5. The fraction of sp³-hybridized carbons (Fsp3) is 0.647. The maximum Gasteiger partial charge on any atom is 0.118 e. The van der Waals surface area contributed by atoms with E-state index in [0.717, 1.165) is 43.5 Å². The number of ether oxygens (including phenoxy) is 1. The second-order valence-electron chi connectivity index (χ2n) is 6.29. The van der Waals surface area contributed by atoms with Gasteiger partial charge in [-0.3, -0.25) is 0 Å². The van der Waals surface area contributed by atoms with Gasteiger partial charge in [-0.2, -0.15) is 4.94 Å². The molecule has 0 saturated heterocycles. The summed E-state index contributed by atoms with van der Waals surface area (Å²) in [5, 5.41) is 0. The van der Waals surface area contributed by atoms with Crippen molar-refractivity contribution in [2.75, 3.05) is 27.7 Å². The van der Waals surface area contributed by atoms with E-state index in [0.29, 0.717) is 0 Å². The molecule has 1 aromatic rings. The van der Waals surface area contributed by atoms with Crippen molar-refractivity contribution in [3.8, 4) is 5.75 Å². The van der Waals surface area contributed by atoms with Crippen molar-refractivity contribution in [2.24, 2.45) is 0 Å². The molecule has 21 heavy (non-hydrogen) atoms. The fourth-order valence-corrected chi connectivity index (χ4v) is 3.41. The minimum Gasteiger partial charge on any atom is -0.497 e. The highest BCUT2D eigenvalue weighted by Crippen LogP contribution is 2.43. The predicted molar refractivity (Wildman–Crippen MR) is 82.3 cm³/mol. The van der Waals surface area contributed by atoms with Crippen LogP contribution < -0.4 is 4.74 Å². The van der Waals surface area contributed by atoms with Gasteiger partial charge in [0.15, 0.2) is 0 Å². The Bertz CT molecular complexity index is 427. The van der Waals surface area contributed by atoms with Gasteiger partial charge in [-0.05, 0) is 49.2 Å². The van der Waals surface area contributed by atoms with E-state index in [1.165, 1.54) is 6.42 Å². The van der Waals surface area contributed by atoms with Gasteiger partial charge in [-0.1, -0.05) is 31.4 Å². The van der Waals surface area contributed by atoms with Gasteiger partial charge in [0, 0.05) is 12.5 Å². The molecule has 2 rings (SSSR count). The van der Waals surface area contributed by atoms with Crippen molar-refractivity contribution >= 4 is 0 Å². The number of rotatable bonds is 6. The maximum absolute atomic E-state index is 13.5. The topological polar surface area (TPSA) is 21.7 Å². The lowest BCUT2D eigenvalue weighted by Gasteiger charge is -2.41. The lowest BCUT2D eigenvalue weighted by molar-refractivity contribution is -0.258. The van der Waals surface area contributed by atoms with E-state index < -0.39 is 5.60 Å². The van der Waals surface area contributed by atoms with E-state index in [2.05, 4.69) is 9.84 Å². The smallest absolute Gasteiger partial charge is 0.118 e. The second-order valence-corrected chi connectivity index (χ2v) is 6.29. The molecule has 1 saturated carbocycles. The monoisotopic (exact) mass is 295 g/mol. The van der Waals surface area contributed by atoms with E-state index in [4.69, 9.17) is 4.74 Å². The zero-order chi connectivity index (χ0) is 15.3. The van der Waals surface area contributed by atoms with Gasteiger partial charge in [-0.15, -0.1) is 0 Å². The first kappa shape index (κ1) is 16.2. The molecule has 1 aromatic carbocycles. The van der Waals surface area contributed by atoms with Gasteiger partial charge in [0.1, 0.15) is 11.4 Å². The third-order valence-electron chi connectivity index (χ3n) is 4.55. The minimum absolute atomic E-state index is 0.0312. The van der Waals surface area contributed by atoms with Crippen molar-refractivity contribution in [3.63, 3.8) is 0 Å². The normalized spacial score (nSPS) is 19.5. The van der Waals surface area contributed by atoms with Crippen molar-refractivity contribution in [1.82, 2.24) is 4.90 Å². The van der Waals surface area contributed by atoms with Crippen LogP contribution in [0.4, 0.5) is 4.53 Å². The summed E-state index contributed by atoms with van der Waals surface area (Å²) < 4.78 is 18.7. The molecular weight excluding hydrogens is 269 g/mol. The predicted octanol–water partition coefficient (Wildman–Crippen LogP) is 3.94. The first-order valence-electron chi connectivity index (χ1n) is 7.70. The summed E-state index contributed by atoms with van der Waals surface area (Å²) in [6, 6.07) is 7.93. The molecule has 0 amide bonds. The summed E-state index contributed by atoms with van der Waals surface area (Å²) in [6.45, 7) is 0.774. The molecule has 1 fully saturated rings. The average molecular weight is 295 g/mol. The number of methoxy groups -OCH3 is 1. The molecule has 0 radical (unpaired) electrons. The van der Waals surface area contributed by atoms with Crippen LogP contribution in [-0.2, 0) is 4.94 Å². The van der Waals surface area contributed by atoms with E-state index in [-0.39, 0.29) is 5.92 Å². The molecular formula is C17H26FNO2. The largest absolute Gasteiger partial charge is 0.497 e. The number of nitrogens with zero attached hydrogens (tertiary/aromatic N) is 1. The van der Waals surface area contributed by atoms with Crippen LogP contribution in [0.2, 0.25) is 0 Å². The van der Waals surface area contributed by atoms with Crippen molar-refractivity contribution in [2.45, 2.75) is 43.6 Å². The fourth-order valence-electron chi connectivity index (χ4n) is 3.41. The Kier molecular flexibility index (Phi) is 5.59. The second kappa shape index (κ2) is 7.23. The van der Waals surface area contributed by atoms with Gasteiger partial charge in [0.05, 0.1) is 7.11 Å². The summed E-state index contributed by atoms with van der Waals surface area (Å²) >= 11 is 0. The molecule has 0 spiro atoms. The number of hydrogen-bond donors (Lipinski definition) is 0. The van der Waals surface area contributed by atoms with Crippen molar-refractivity contribution < 1.29 is 14.2 Å². The standard InChI is InChI=1S/C17H26FNO2/c1-19(2)13-16(14-7-9-15(20-3)10-8-14)17(21-18)11-5-4-6-12-17/h7-10,16H,4-6,11-13H2,1-3H3. The van der Waals surface area contributed by atoms with E-state index in [1.807, 2.05) is 38.4 Å². The van der Waals surface area contributed by atoms with Gasteiger partial charge >= 0.3 is 0 Å². The zero-order valence-corrected chi connectivity index (χ0v) is 13.3. The Balaban J connectivity index is 2.31. The first-order chi connectivity index (χ1) is 10.1. The Morgan fingerprint density at radius 3 is 2.24 bits per heavy atom. The van der Waals surface area contributed by atoms with Gasteiger partial charge in [0.25, 0.3) is 0 Å². The number of halogens is 1. The molecule has 0 aliphatic heterocycles. The zero-order valence-electron chi connectivity index (χ0n) is 13.3. The highest BCUT2D eigenvalue weighted by molar-refractivity contribution is 5.31. The molecule has 3 nitrogen and oxygen atoms in total. The van der Waals surface area contributed by atoms with Crippen molar-refractivity contribution in [3.05, 3.63) is 29.8 Å². The Morgan fingerprint density at radius 2 is 1.76 bits per heavy atom. The third kappa shape index (κ3) is 3.74. The molecule has 1 atom stereocenters. The first-order valence-corrected chi connectivity index (χ1v) is 7.70. The van der Waals surface area contributed by atoms with Crippen LogP contribution in [0.1, 0.15) is 43.6 Å². The van der Waals surface area contributed by atoms with Crippen LogP contribution in [0, 0.1) is 0 Å². The number of likely N-dealkylation sites (N-methyl/N-ethyl adjacent to an activating group) is 1.